The van der Waals surface area contributed by atoms with Crippen LogP contribution in [0.25, 0.3) is 11.0 Å². The Bertz CT molecular complexity index is 966. The van der Waals surface area contributed by atoms with Crippen LogP contribution in [0.3, 0.4) is 0 Å². The molecule has 26 heavy (non-hydrogen) atoms. The van der Waals surface area contributed by atoms with E-state index in [1.807, 2.05) is 17.0 Å². The van der Waals surface area contributed by atoms with Gasteiger partial charge in [0, 0.05) is 37.3 Å². The van der Waals surface area contributed by atoms with Gasteiger partial charge in [0.05, 0.1) is 11.3 Å². The van der Waals surface area contributed by atoms with Crippen LogP contribution in [0.5, 0.6) is 0 Å². The number of carbonyl (C=O) groups is 1. The summed E-state index contributed by atoms with van der Waals surface area (Å²) in [4.78, 5) is 31.7. The molecule has 0 spiro atoms. The molecule has 0 aliphatic carbocycles. The SMILES string of the molecule is O=C(C1CCN(c2ncnc3ncccc23)C1)N1CCc2sccc2C1. The molecule has 7 heteroatoms. The van der Waals surface area contributed by atoms with Gasteiger partial charge in [-0.1, -0.05) is 0 Å². The van der Waals surface area contributed by atoms with Gasteiger partial charge in [0.1, 0.15) is 12.1 Å². The summed E-state index contributed by atoms with van der Waals surface area (Å²) in [5.41, 5.74) is 2.02. The number of rotatable bonds is 2. The Morgan fingerprint density at radius 2 is 2.15 bits per heavy atom. The van der Waals surface area contributed by atoms with E-state index in [4.69, 9.17) is 0 Å². The molecule has 0 bridgehead atoms. The molecule has 3 aromatic rings. The molecule has 2 aliphatic rings. The summed E-state index contributed by atoms with van der Waals surface area (Å²) in [6, 6.07) is 6.05. The number of amides is 1. The lowest BCUT2D eigenvalue weighted by Gasteiger charge is -2.29. The Morgan fingerprint density at radius 3 is 3.12 bits per heavy atom. The smallest absolute Gasteiger partial charge is 0.227 e. The monoisotopic (exact) mass is 365 g/mol. The van der Waals surface area contributed by atoms with Gasteiger partial charge in [0.25, 0.3) is 0 Å². The van der Waals surface area contributed by atoms with Crippen LogP contribution >= 0.6 is 11.3 Å². The third kappa shape index (κ3) is 2.63. The lowest BCUT2D eigenvalue weighted by atomic mass is 10.0. The highest BCUT2D eigenvalue weighted by Gasteiger charge is 2.34. The number of aromatic nitrogens is 3. The van der Waals surface area contributed by atoms with Crippen molar-refractivity contribution >= 4 is 34.1 Å². The predicted octanol–water partition coefficient (Wildman–Crippen LogP) is 2.50. The molecule has 0 radical (unpaired) electrons. The van der Waals surface area contributed by atoms with E-state index in [0.29, 0.717) is 12.2 Å². The normalized spacial score (nSPS) is 19.8. The first kappa shape index (κ1) is 15.7. The van der Waals surface area contributed by atoms with E-state index in [1.165, 1.54) is 10.4 Å². The topological polar surface area (TPSA) is 62.2 Å². The number of anilines is 1. The number of thiophene rings is 1. The van der Waals surface area contributed by atoms with Crippen LogP contribution in [0.1, 0.15) is 16.9 Å². The molecule has 132 valence electrons. The zero-order valence-electron chi connectivity index (χ0n) is 14.3. The van der Waals surface area contributed by atoms with Crippen LogP contribution in [0.4, 0.5) is 5.82 Å². The fraction of sp³-hybridized carbons (Fsp3) is 0.368. The average molecular weight is 365 g/mol. The number of hydrogen-bond acceptors (Lipinski definition) is 6. The number of hydrogen-bond donors (Lipinski definition) is 0. The summed E-state index contributed by atoms with van der Waals surface area (Å²) in [6.45, 7) is 3.15. The molecule has 6 nitrogen and oxygen atoms in total. The van der Waals surface area contributed by atoms with Crippen LogP contribution in [-0.2, 0) is 17.8 Å². The minimum Gasteiger partial charge on any atom is -0.355 e. The second-order valence-electron chi connectivity index (χ2n) is 6.88. The standard InChI is InChI=1S/C19H19N5OS/c25-19(24-8-4-16-13(10-24)5-9-26-16)14-3-7-23(11-14)18-15-2-1-6-20-17(15)21-12-22-18/h1-2,5-6,9,12,14H,3-4,7-8,10-11H2. The van der Waals surface area contributed by atoms with Crippen LogP contribution < -0.4 is 4.90 Å². The number of pyridine rings is 1. The van der Waals surface area contributed by atoms with Crippen molar-refractivity contribution in [3.8, 4) is 0 Å². The third-order valence-electron chi connectivity index (χ3n) is 5.34. The molecule has 1 amide bonds. The fourth-order valence-electron chi connectivity index (χ4n) is 3.98. The molecular formula is C19H19N5OS. The van der Waals surface area contributed by atoms with Gasteiger partial charge in [-0.2, -0.15) is 0 Å². The van der Waals surface area contributed by atoms with E-state index in [2.05, 4.69) is 31.3 Å². The minimum absolute atomic E-state index is 0.0388. The maximum atomic E-state index is 13.0. The quantitative estimate of drug-likeness (QED) is 0.698. The Hall–Kier alpha value is -2.54. The second kappa shape index (κ2) is 6.32. The summed E-state index contributed by atoms with van der Waals surface area (Å²) in [5, 5.41) is 3.08. The van der Waals surface area contributed by atoms with Crippen molar-refractivity contribution < 1.29 is 4.79 Å². The van der Waals surface area contributed by atoms with Gasteiger partial charge >= 0.3 is 0 Å². The minimum atomic E-state index is 0.0388. The maximum Gasteiger partial charge on any atom is 0.227 e. The van der Waals surface area contributed by atoms with Gasteiger partial charge in [-0.25, -0.2) is 15.0 Å². The average Bonchev–Trinajstić information content (AvgIpc) is 3.36. The summed E-state index contributed by atoms with van der Waals surface area (Å²) in [7, 11) is 0. The zero-order chi connectivity index (χ0) is 17.5. The van der Waals surface area contributed by atoms with E-state index >= 15 is 0 Å². The third-order valence-corrected chi connectivity index (χ3v) is 6.37. The lowest BCUT2D eigenvalue weighted by molar-refractivity contribution is -0.135. The largest absolute Gasteiger partial charge is 0.355 e. The lowest BCUT2D eigenvalue weighted by Crippen LogP contribution is -2.40. The Kier molecular flexibility index (Phi) is 3.81. The van der Waals surface area contributed by atoms with Crippen molar-refractivity contribution in [2.75, 3.05) is 24.5 Å². The highest BCUT2D eigenvalue weighted by Crippen LogP contribution is 2.30. The molecule has 5 rings (SSSR count). The summed E-state index contributed by atoms with van der Waals surface area (Å²) in [6.07, 6.45) is 5.15. The van der Waals surface area contributed by atoms with Gasteiger partial charge in [-0.15, -0.1) is 11.3 Å². The first-order valence-corrected chi connectivity index (χ1v) is 9.82. The molecule has 1 unspecified atom stereocenters. The van der Waals surface area contributed by atoms with Gasteiger partial charge in [0.15, 0.2) is 5.65 Å². The van der Waals surface area contributed by atoms with Gasteiger partial charge < -0.3 is 9.80 Å². The molecule has 1 saturated heterocycles. The number of carbonyl (C=O) groups excluding carboxylic acids is 1. The molecule has 0 aromatic carbocycles. The predicted molar refractivity (Wildman–Crippen MR) is 101 cm³/mol. The molecule has 0 saturated carbocycles. The van der Waals surface area contributed by atoms with Crippen LogP contribution in [0.15, 0.2) is 36.1 Å². The summed E-state index contributed by atoms with van der Waals surface area (Å²) >= 11 is 1.80. The molecule has 0 N–H and O–H groups in total. The maximum absolute atomic E-state index is 13.0. The van der Waals surface area contributed by atoms with E-state index in [0.717, 1.165) is 43.7 Å². The zero-order valence-corrected chi connectivity index (χ0v) is 15.2. The second-order valence-corrected chi connectivity index (χ2v) is 7.88. The fourth-order valence-corrected chi connectivity index (χ4v) is 4.87. The molecule has 1 atom stereocenters. The van der Waals surface area contributed by atoms with Crippen molar-refractivity contribution in [1.82, 2.24) is 19.9 Å². The van der Waals surface area contributed by atoms with Crippen molar-refractivity contribution in [2.45, 2.75) is 19.4 Å². The summed E-state index contributed by atoms with van der Waals surface area (Å²) in [5.74, 6) is 1.20. The van der Waals surface area contributed by atoms with E-state index in [1.54, 1.807) is 23.9 Å². The highest BCUT2D eigenvalue weighted by atomic mass is 32.1. The van der Waals surface area contributed by atoms with Crippen molar-refractivity contribution in [1.29, 1.82) is 0 Å². The number of nitrogens with zero attached hydrogens (tertiary/aromatic N) is 5. The van der Waals surface area contributed by atoms with Gasteiger partial charge in [-0.05, 0) is 42.0 Å². The van der Waals surface area contributed by atoms with Crippen molar-refractivity contribution in [3.05, 3.63) is 46.5 Å². The van der Waals surface area contributed by atoms with Gasteiger partial charge in [-0.3, -0.25) is 4.79 Å². The van der Waals surface area contributed by atoms with E-state index in [9.17, 15) is 4.79 Å². The first-order valence-electron chi connectivity index (χ1n) is 8.94. The number of fused-ring (bicyclic) bond motifs is 2. The first-order chi connectivity index (χ1) is 12.8. The van der Waals surface area contributed by atoms with Crippen molar-refractivity contribution in [2.24, 2.45) is 5.92 Å². The Balaban J connectivity index is 1.33. The highest BCUT2D eigenvalue weighted by molar-refractivity contribution is 7.10. The van der Waals surface area contributed by atoms with E-state index < -0.39 is 0 Å². The molecule has 5 heterocycles. The Labute approximate surface area is 155 Å². The molecule has 1 fully saturated rings. The molecule has 3 aromatic heterocycles. The van der Waals surface area contributed by atoms with Crippen LogP contribution in [0, 0.1) is 5.92 Å². The van der Waals surface area contributed by atoms with E-state index in [-0.39, 0.29) is 11.8 Å². The molecule has 2 aliphatic heterocycles. The van der Waals surface area contributed by atoms with Crippen molar-refractivity contribution in [3.63, 3.8) is 0 Å². The van der Waals surface area contributed by atoms with Crippen LogP contribution in [-0.4, -0.2) is 45.4 Å². The van der Waals surface area contributed by atoms with Gasteiger partial charge in [0.2, 0.25) is 5.91 Å². The molecular weight excluding hydrogens is 346 g/mol. The summed E-state index contributed by atoms with van der Waals surface area (Å²) < 4.78 is 0. The van der Waals surface area contributed by atoms with Crippen LogP contribution in [0.2, 0.25) is 0 Å². The Morgan fingerprint density at radius 1 is 1.19 bits per heavy atom.